The first-order chi connectivity index (χ1) is 16.6. The number of benzene rings is 2. The molecule has 9 nitrogen and oxygen atoms in total. The molecule has 0 aliphatic rings. The highest BCUT2D eigenvalue weighted by Crippen LogP contribution is 2.28. The molecule has 182 valence electrons. The van der Waals surface area contributed by atoms with Crippen molar-refractivity contribution in [2.24, 2.45) is 0 Å². The number of fused-ring (bicyclic) bond motifs is 1. The van der Waals surface area contributed by atoms with Gasteiger partial charge in [-0.1, -0.05) is 0 Å². The summed E-state index contributed by atoms with van der Waals surface area (Å²) < 4.78 is 36.3. The molecule has 0 spiro atoms. The topological polar surface area (TPSA) is 119 Å². The van der Waals surface area contributed by atoms with Gasteiger partial charge in [-0.3, -0.25) is 14.2 Å². The van der Waals surface area contributed by atoms with Crippen molar-refractivity contribution in [3.8, 4) is 17.2 Å². The van der Waals surface area contributed by atoms with Crippen molar-refractivity contribution >= 4 is 32.5 Å². The highest BCUT2D eigenvalue weighted by Gasteiger charge is 2.17. The fourth-order valence-corrected chi connectivity index (χ4v) is 4.29. The van der Waals surface area contributed by atoms with Crippen LogP contribution in [0.15, 0.2) is 70.4 Å². The van der Waals surface area contributed by atoms with E-state index in [1.165, 1.54) is 35.9 Å². The molecule has 0 aliphatic carbocycles. The van der Waals surface area contributed by atoms with Gasteiger partial charge < -0.3 is 19.8 Å². The number of anilines is 1. The van der Waals surface area contributed by atoms with Gasteiger partial charge in [0.1, 0.15) is 22.8 Å². The summed E-state index contributed by atoms with van der Waals surface area (Å²) in [5, 5.41) is 3.33. The van der Waals surface area contributed by atoms with Crippen LogP contribution in [0.1, 0.15) is 24.3 Å². The van der Waals surface area contributed by atoms with Crippen LogP contribution in [-0.2, 0) is 9.84 Å². The Balaban J connectivity index is 1.71. The molecule has 0 atom stereocenters. The van der Waals surface area contributed by atoms with Crippen LogP contribution in [0.3, 0.4) is 0 Å². The smallest absolute Gasteiger partial charge is 0.272 e. The molecular formula is C25H25N3O6S. The average Bonchev–Trinajstić information content (AvgIpc) is 3.23. The van der Waals surface area contributed by atoms with Gasteiger partial charge >= 0.3 is 0 Å². The summed E-state index contributed by atoms with van der Waals surface area (Å²) in [4.78, 5) is 28.8. The van der Waals surface area contributed by atoms with Gasteiger partial charge in [0, 0.05) is 17.7 Å². The van der Waals surface area contributed by atoms with E-state index in [0.717, 1.165) is 6.26 Å². The van der Waals surface area contributed by atoms with Crippen LogP contribution >= 0.6 is 0 Å². The Kier molecular flexibility index (Phi) is 6.40. The number of H-pyrrole nitrogens is 1. The summed E-state index contributed by atoms with van der Waals surface area (Å²) >= 11 is 0. The summed E-state index contributed by atoms with van der Waals surface area (Å²) in [5.41, 5.74) is 1.17. The second-order valence-corrected chi connectivity index (χ2v) is 10.3. The molecule has 1 amide bonds. The molecule has 2 aromatic heterocycles. The summed E-state index contributed by atoms with van der Waals surface area (Å²) in [5.74, 6) is 0.466. The normalized spacial score (nSPS) is 11.6. The summed E-state index contributed by atoms with van der Waals surface area (Å²) in [7, 11) is -2.06. The summed E-state index contributed by atoms with van der Waals surface area (Å²) in [6.07, 6.45) is 1.10. The number of ether oxygens (including phenoxy) is 2. The highest BCUT2D eigenvalue weighted by molar-refractivity contribution is 7.90. The highest BCUT2D eigenvalue weighted by atomic mass is 32.2. The molecule has 0 aliphatic heterocycles. The van der Waals surface area contributed by atoms with E-state index in [2.05, 4.69) is 10.3 Å². The number of methoxy groups -OCH3 is 1. The van der Waals surface area contributed by atoms with Crippen molar-refractivity contribution in [1.29, 1.82) is 0 Å². The molecule has 2 aromatic carbocycles. The number of rotatable bonds is 7. The van der Waals surface area contributed by atoms with Crippen LogP contribution in [-0.4, -0.2) is 43.3 Å². The number of amides is 1. The number of sulfone groups is 1. The number of hydrogen-bond donors (Lipinski definition) is 2. The van der Waals surface area contributed by atoms with E-state index in [1.54, 1.807) is 36.4 Å². The molecule has 4 rings (SSSR count). The molecule has 35 heavy (non-hydrogen) atoms. The van der Waals surface area contributed by atoms with Crippen molar-refractivity contribution in [2.45, 2.75) is 24.8 Å². The van der Waals surface area contributed by atoms with E-state index >= 15 is 0 Å². The maximum atomic E-state index is 13.0. The summed E-state index contributed by atoms with van der Waals surface area (Å²) in [6.45, 7) is 3.86. The lowest BCUT2D eigenvalue weighted by atomic mass is 10.2. The quantitative estimate of drug-likeness (QED) is 0.403. The number of carbonyl (C=O) groups is 1. The lowest BCUT2D eigenvalue weighted by molar-refractivity contribution is 0.102. The molecule has 0 unspecified atom stereocenters. The van der Waals surface area contributed by atoms with E-state index in [0.29, 0.717) is 28.2 Å². The zero-order valence-electron chi connectivity index (χ0n) is 19.7. The average molecular weight is 496 g/mol. The predicted octanol–water partition coefficient (Wildman–Crippen LogP) is 3.77. The van der Waals surface area contributed by atoms with Crippen LogP contribution in [0.5, 0.6) is 11.5 Å². The van der Waals surface area contributed by atoms with Gasteiger partial charge in [-0.25, -0.2) is 8.42 Å². The molecule has 4 aromatic rings. The van der Waals surface area contributed by atoms with Crippen molar-refractivity contribution in [1.82, 2.24) is 9.55 Å². The molecule has 0 fully saturated rings. The van der Waals surface area contributed by atoms with E-state index in [4.69, 9.17) is 9.47 Å². The Bertz CT molecular complexity index is 1570. The Hall–Kier alpha value is -4.05. The first-order valence-corrected chi connectivity index (χ1v) is 12.7. The van der Waals surface area contributed by atoms with Crippen LogP contribution in [0.4, 0.5) is 5.69 Å². The van der Waals surface area contributed by atoms with Crippen molar-refractivity contribution in [3.05, 3.63) is 76.7 Å². The van der Waals surface area contributed by atoms with Gasteiger partial charge in [-0.2, -0.15) is 0 Å². The third-order valence-corrected chi connectivity index (χ3v) is 6.34. The first-order valence-electron chi connectivity index (χ1n) is 10.8. The SMILES string of the molecule is COc1ccc(S(C)(=O)=O)cc1NC(=O)c1cc2ccc(=O)n(-c3ccc(OC(C)C)cc3)c2[nH]1. The Morgan fingerprint density at radius 1 is 1.03 bits per heavy atom. The number of aromatic amines is 1. The maximum Gasteiger partial charge on any atom is 0.272 e. The summed E-state index contributed by atoms with van der Waals surface area (Å²) in [6, 6.07) is 16.0. The number of hydrogen-bond acceptors (Lipinski definition) is 6. The van der Waals surface area contributed by atoms with E-state index in [-0.39, 0.29) is 27.9 Å². The van der Waals surface area contributed by atoms with Crippen molar-refractivity contribution in [2.75, 3.05) is 18.7 Å². The van der Waals surface area contributed by atoms with Crippen LogP contribution in [0.25, 0.3) is 16.7 Å². The van der Waals surface area contributed by atoms with Crippen LogP contribution in [0, 0.1) is 0 Å². The minimum absolute atomic E-state index is 0.0215. The van der Waals surface area contributed by atoms with Crippen LogP contribution in [0.2, 0.25) is 0 Å². The first kappa shape index (κ1) is 24.1. The fourth-order valence-electron chi connectivity index (χ4n) is 3.65. The van der Waals surface area contributed by atoms with E-state index in [1.807, 2.05) is 13.8 Å². The minimum atomic E-state index is -3.48. The van der Waals surface area contributed by atoms with Gasteiger partial charge in [-0.15, -0.1) is 0 Å². The minimum Gasteiger partial charge on any atom is -0.495 e. The standard InChI is InChI=1S/C25H25N3O6S/c1-15(2)34-18-8-6-17(7-9-18)28-23(29)12-5-16-13-21(26-24(16)28)25(30)27-20-14-19(35(4,31)32)10-11-22(20)33-3/h5-15,26H,1-4H3,(H,27,30). The molecule has 2 N–H and O–H groups in total. The molecule has 2 heterocycles. The number of aromatic nitrogens is 2. The zero-order chi connectivity index (χ0) is 25.3. The second kappa shape index (κ2) is 9.30. The largest absolute Gasteiger partial charge is 0.495 e. The van der Waals surface area contributed by atoms with Crippen molar-refractivity contribution < 1.29 is 22.7 Å². The Morgan fingerprint density at radius 3 is 2.37 bits per heavy atom. The Labute approximate surface area is 202 Å². The monoisotopic (exact) mass is 495 g/mol. The molecule has 0 radical (unpaired) electrons. The Morgan fingerprint density at radius 2 is 1.74 bits per heavy atom. The number of nitrogens with one attached hydrogen (secondary N) is 2. The van der Waals surface area contributed by atoms with Gasteiger partial charge in [-0.05, 0) is 68.4 Å². The number of pyridine rings is 1. The number of carbonyl (C=O) groups excluding carboxylic acids is 1. The number of nitrogens with zero attached hydrogens (tertiary/aromatic N) is 1. The van der Waals surface area contributed by atoms with Gasteiger partial charge in [0.15, 0.2) is 9.84 Å². The van der Waals surface area contributed by atoms with Crippen LogP contribution < -0.4 is 20.3 Å². The molecule has 0 saturated carbocycles. The second-order valence-electron chi connectivity index (χ2n) is 8.24. The zero-order valence-corrected chi connectivity index (χ0v) is 20.5. The molecular weight excluding hydrogens is 470 g/mol. The van der Waals surface area contributed by atoms with Gasteiger partial charge in [0.05, 0.1) is 29.5 Å². The van der Waals surface area contributed by atoms with E-state index in [9.17, 15) is 18.0 Å². The predicted molar refractivity (Wildman–Crippen MR) is 134 cm³/mol. The van der Waals surface area contributed by atoms with Gasteiger partial charge in [0.2, 0.25) is 0 Å². The van der Waals surface area contributed by atoms with Crippen molar-refractivity contribution in [3.63, 3.8) is 0 Å². The fraction of sp³-hybridized carbons (Fsp3) is 0.200. The molecule has 0 saturated heterocycles. The molecule has 10 heteroatoms. The third-order valence-electron chi connectivity index (χ3n) is 5.23. The van der Waals surface area contributed by atoms with E-state index < -0.39 is 15.7 Å². The lowest BCUT2D eigenvalue weighted by Crippen LogP contribution is -2.18. The lowest BCUT2D eigenvalue weighted by Gasteiger charge is -2.12. The van der Waals surface area contributed by atoms with Gasteiger partial charge in [0.25, 0.3) is 11.5 Å². The third kappa shape index (κ3) is 5.07. The molecule has 0 bridgehead atoms. The maximum absolute atomic E-state index is 13.0.